The van der Waals surface area contributed by atoms with Gasteiger partial charge in [0.2, 0.25) is 11.8 Å². The molecule has 2 heterocycles. The second-order valence-corrected chi connectivity index (χ2v) is 7.19. The SMILES string of the molecule is Cc1cc(C)c(CNC(=O)C2CCC(=O)N(C3CCCC3)C2)cn1. The van der Waals surface area contributed by atoms with Gasteiger partial charge >= 0.3 is 0 Å². The van der Waals surface area contributed by atoms with Crippen LogP contribution in [-0.4, -0.2) is 34.3 Å². The van der Waals surface area contributed by atoms with Crippen molar-refractivity contribution in [3.8, 4) is 0 Å². The number of carbonyl (C=O) groups excluding carboxylic acids is 2. The van der Waals surface area contributed by atoms with E-state index < -0.39 is 0 Å². The van der Waals surface area contributed by atoms with E-state index in [1.54, 1.807) is 0 Å². The minimum atomic E-state index is -0.0815. The molecule has 5 nitrogen and oxygen atoms in total. The average molecular weight is 329 g/mol. The van der Waals surface area contributed by atoms with Crippen molar-refractivity contribution >= 4 is 11.8 Å². The van der Waals surface area contributed by atoms with Crippen LogP contribution in [0.25, 0.3) is 0 Å². The highest BCUT2D eigenvalue weighted by Crippen LogP contribution is 2.28. The van der Waals surface area contributed by atoms with Crippen LogP contribution in [0.1, 0.15) is 55.3 Å². The molecule has 1 saturated heterocycles. The molecule has 1 aromatic rings. The molecule has 0 radical (unpaired) electrons. The zero-order chi connectivity index (χ0) is 17.1. The van der Waals surface area contributed by atoms with Crippen molar-refractivity contribution in [2.45, 2.75) is 65.0 Å². The number of hydrogen-bond donors (Lipinski definition) is 1. The van der Waals surface area contributed by atoms with Gasteiger partial charge in [-0.25, -0.2) is 0 Å². The number of pyridine rings is 1. The molecule has 1 aliphatic heterocycles. The van der Waals surface area contributed by atoms with E-state index in [2.05, 4.69) is 10.3 Å². The van der Waals surface area contributed by atoms with Gasteiger partial charge in [0, 0.05) is 37.4 Å². The third-order valence-electron chi connectivity index (χ3n) is 5.39. The van der Waals surface area contributed by atoms with Crippen molar-refractivity contribution in [1.82, 2.24) is 15.2 Å². The standard InChI is InChI=1S/C19H27N3O2/c1-13-9-14(2)20-10-16(13)11-21-19(24)15-7-8-18(23)22(12-15)17-5-3-4-6-17/h9-10,15,17H,3-8,11-12H2,1-2H3,(H,21,24). The van der Waals surface area contributed by atoms with Gasteiger partial charge in [-0.1, -0.05) is 12.8 Å². The molecule has 1 unspecified atom stereocenters. The number of carbonyl (C=O) groups is 2. The Kier molecular flexibility index (Phi) is 5.17. The smallest absolute Gasteiger partial charge is 0.225 e. The van der Waals surface area contributed by atoms with Crippen LogP contribution in [0.5, 0.6) is 0 Å². The van der Waals surface area contributed by atoms with E-state index in [1.165, 1.54) is 12.8 Å². The maximum atomic E-state index is 12.5. The number of rotatable bonds is 4. The normalized spacial score (nSPS) is 22.0. The minimum Gasteiger partial charge on any atom is -0.352 e. The fraction of sp³-hybridized carbons (Fsp3) is 0.632. The molecule has 3 rings (SSSR count). The Morgan fingerprint density at radius 3 is 2.75 bits per heavy atom. The van der Waals surface area contributed by atoms with Crippen molar-refractivity contribution in [3.05, 3.63) is 29.1 Å². The maximum absolute atomic E-state index is 12.5. The van der Waals surface area contributed by atoms with Crippen LogP contribution < -0.4 is 5.32 Å². The summed E-state index contributed by atoms with van der Waals surface area (Å²) in [7, 11) is 0. The van der Waals surface area contributed by atoms with Gasteiger partial charge in [0.05, 0.1) is 5.92 Å². The molecule has 0 bridgehead atoms. The third-order valence-corrected chi connectivity index (χ3v) is 5.39. The van der Waals surface area contributed by atoms with E-state index in [0.29, 0.717) is 32.0 Å². The Morgan fingerprint density at radius 2 is 2.04 bits per heavy atom. The highest BCUT2D eigenvalue weighted by molar-refractivity contribution is 5.84. The van der Waals surface area contributed by atoms with E-state index in [4.69, 9.17) is 0 Å². The molecule has 1 aliphatic carbocycles. The Balaban J connectivity index is 1.57. The third kappa shape index (κ3) is 3.77. The summed E-state index contributed by atoms with van der Waals surface area (Å²) in [5.41, 5.74) is 3.18. The topological polar surface area (TPSA) is 62.3 Å². The zero-order valence-corrected chi connectivity index (χ0v) is 14.7. The van der Waals surface area contributed by atoms with Crippen molar-refractivity contribution < 1.29 is 9.59 Å². The summed E-state index contributed by atoms with van der Waals surface area (Å²) in [5.74, 6) is 0.206. The van der Waals surface area contributed by atoms with Crippen LogP contribution in [-0.2, 0) is 16.1 Å². The van der Waals surface area contributed by atoms with E-state index in [9.17, 15) is 9.59 Å². The fourth-order valence-corrected chi connectivity index (χ4v) is 3.89. The highest BCUT2D eigenvalue weighted by Gasteiger charge is 2.35. The number of likely N-dealkylation sites (tertiary alicyclic amines) is 1. The quantitative estimate of drug-likeness (QED) is 0.923. The van der Waals surface area contributed by atoms with Crippen LogP contribution in [0.15, 0.2) is 12.3 Å². The number of piperidine rings is 1. The number of nitrogens with zero attached hydrogens (tertiary/aromatic N) is 2. The van der Waals surface area contributed by atoms with Gasteiger partial charge in [0.25, 0.3) is 0 Å². The van der Waals surface area contributed by atoms with Crippen molar-refractivity contribution in [2.24, 2.45) is 5.92 Å². The lowest BCUT2D eigenvalue weighted by atomic mass is 9.94. The van der Waals surface area contributed by atoms with Crippen molar-refractivity contribution in [2.75, 3.05) is 6.54 Å². The summed E-state index contributed by atoms with van der Waals surface area (Å²) in [4.78, 5) is 31.0. The van der Waals surface area contributed by atoms with Crippen LogP contribution in [0.3, 0.4) is 0 Å². The molecule has 2 fully saturated rings. The zero-order valence-electron chi connectivity index (χ0n) is 14.7. The van der Waals surface area contributed by atoms with E-state index >= 15 is 0 Å². The number of hydrogen-bond acceptors (Lipinski definition) is 3. The van der Waals surface area contributed by atoms with Gasteiger partial charge in [0.1, 0.15) is 0 Å². The summed E-state index contributed by atoms with van der Waals surface area (Å²) in [6, 6.07) is 2.39. The summed E-state index contributed by atoms with van der Waals surface area (Å²) >= 11 is 0. The number of aryl methyl sites for hydroxylation is 2. The Hall–Kier alpha value is -1.91. The van der Waals surface area contributed by atoms with Crippen LogP contribution in [0.2, 0.25) is 0 Å². The molecule has 0 aromatic carbocycles. The second-order valence-electron chi connectivity index (χ2n) is 7.19. The largest absolute Gasteiger partial charge is 0.352 e. The van der Waals surface area contributed by atoms with Gasteiger partial charge in [-0.15, -0.1) is 0 Å². The average Bonchev–Trinajstić information content (AvgIpc) is 3.08. The monoisotopic (exact) mass is 329 g/mol. The van der Waals surface area contributed by atoms with Crippen molar-refractivity contribution in [1.29, 1.82) is 0 Å². The Bertz CT molecular complexity index is 623. The molecule has 2 amide bonds. The molecule has 1 aromatic heterocycles. The first-order chi connectivity index (χ1) is 11.5. The van der Waals surface area contributed by atoms with E-state index in [0.717, 1.165) is 29.7 Å². The molecule has 1 atom stereocenters. The predicted octanol–water partition coefficient (Wildman–Crippen LogP) is 2.50. The predicted molar refractivity (Wildman–Crippen MR) is 92.3 cm³/mol. The molecular weight excluding hydrogens is 302 g/mol. The molecule has 1 N–H and O–H groups in total. The number of aromatic nitrogens is 1. The lowest BCUT2D eigenvalue weighted by Crippen LogP contribution is -2.49. The summed E-state index contributed by atoms with van der Waals surface area (Å²) < 4.78 is 0. The van der Waals surface area contributed by atoms with E-state index in [1.807, 2.05) is 31.0 Å². The Morgan fingerprint density at radius 1 is 1.29 bits per heavy atom. The molecule has 130 valence electrons. The lowest BCUT2D eigenvalue weighted by molar-refractivity contribution is -0.140. The van der Waals surface area contributed by atoms with Crippen LogP contribution >= 0.6 is 0 Å². The first-order valence-electron chi connectivity index (χ1n) is 9.04. The van der Waals surface area contributed by atoms with E-state index in [-0.39, 0.29) is 17.7 Å². The van der Waals surface area contributed by atoms with Crippen LogP contribution in [0.4, 0.5) is 0 Å². The summed E-state index contributed by atoms with van der Waals surface area (Å²) in [6.07, 6.45) is 7.58. The molecule has 2 aliphatic rings. The highest BCUT2D eigenvalue weighted by atomic mass is 16.2. The first-order valence-corrected chi connectivity index (χ1v) is 9.04. The molecular formula is C19H27N3O2. The summed E-state index contributed by atoms with van der Waals surface area (Å²) in [6.45, 7) is 5.09. The molecule has 1 saturated carbocycles. The lowest BCUT2D eigenvalue weighted by Gasteiger charge is -2.36. The fourth-order valence-electron chi connectivity index (χ4n) is 3.89. The number of amides is 2. The van der Waals surface area contributed by atoms with Crippen molar-refractivity contribution in [3.63, 3.8) is 0 Å². The number of nitrogens with one attached hydrogen (secondary N) is 1. The minimum absolute atomic E-state index is 0.0606. The summed E-state index contributed by atoms with van der Waals surface area (Å²) in [5, 5.41) is 3.04. The van der Waals surface area contributed by atoms with Crippen LogP contribution in [0, 0.1) is 19.8 Å². The second kappa shape index (κ2) is 7.32. The van der Waals surface area contributed by atoms with Gasteiger partial charge in [-0.3, -0.25) is 14.6 Å². The first kappa shape index (κ1) is 16.9. The molecule has 0 spiro atoms. The van der Waals surface area contributed by atoms with Gasteiger partial charge in [0.15, 0.2) is 0 Å². The molecule has 24 heavy (non-hydrogen) atoms. The molecule has 5 heteroatoms. The van der Waals surface area contributed by atoms with Gasteiger partial charge < -0.3 is 10.2 Å². The Labute approximate surface area is 143 Å². The van der Waals surface area contributed by atoms with Gasteiger partial charge in [-0.05, 0) is 50.3 Å². The van der Waals surface area contributed by atoms with Gasteiger partial charge in [-0.2, -0.15) is 0 Å². The maximum Gasteiger partial charge on any atom is 0.225 e.